The molecule has 0 aromatic heterocycles. The number of nitrogens with one attached hydrogen (secondary N) is 1. The molecule has 1 aliphatic heterocycles. The van der Waals surface area contributed by atoms with Gasteiger partial charge in [-0.05, 0) is 38.1 Å². The lowest BCUT2D eigenvalue weighted by atomic mass is 9.98. The molecule has 1 N–H and O–H groups in total. The molecule has 1 saturated carbocycles. The van der Waals surface area contributed by atoms with Crippen LogP contribution in [0.4, 0.5) is 0 Å². The van der Waals surface area contributed by atoms with Crippen molar-refractivity contribution >= 4 is 0 Å². The van der Waals surface area contributed by atoms with E-state index in [9.17, 15) is 0 Å². The molecular formula is C9H17NO. The molecule has 1 saturated heterocycles. The maximum absolute atomic E-state index is 5.36. The van der Waals surface area contributed by atoms with Crippen LogP contribution in [0.1, 0.15) is 25.7 Å². The standard InChI is InChI=1S/C9H17NO/c1-11-8-4-5-10-9(6-8)7-2-3-7/h7-10H,2-6H2,1H3. The number of ether oxygens (including phenoxy) is 1. The summed E-state index contributed by atoms with van der Waals surface area (Å²) in [6.07, 6.45) is 5.84. The Morgan fingerprint density at radius 3 is 2.73 bits per heavy atom. The van der Waals surface area contributed by atoms with Crippen molar-refractivity contribution in [3.63, 3.8) is 0 Å². The minimum Gasteiger partial charge on any atom is -0.381 e. The van der Waals surface area contributed by atoms with Crippen LogP contribution in [0.15, 0.2) is 0 Å². The number of rotatable bonds is 2. The quantitative estimate of drug-likeness (QED) is 0.646. The number of piperidine rings is 1. The molecular weight excluding hydrogens is 138 g/mol. The molecule has 2 nitrogen and oxygen atoms in total. The van der Waals surface area contributed by atoms with Gasteiger partial charge in [0.25, 0.3) is 0 Å². The normalized spacial score (nSPS) is 39.0. The first-order valence-electron chi connectivity index (χ1n) is 4.66. The van der Waals surface area contributed by atoms with Crippen LogP contribution in [0.2, 0.25) is 0 Å². The third-order valence-corrected chi connectivity index (χ3v) is 2.91. The van der Waals surface area contributed by atoms with E-state index >= 15 is 0 Å². The van der Waals surface area contributed by atoms with E-state index in [0.29, 0.717) is 6.10 Å². The Morgan fingerprint density at radius 1 is 1.27 bits per heavy atom. The van der Waals surface area contributed by atoms with Gasteiger partial charge in [-0.15, -0.1) is 0 Å². The molecule has 1 aliphatic carbocycles. The molecule has 64 valence electrons. The Kier molecular flexibility index (Phi) is 2.14. The summed E-state index contributed by atoms with van der Waals surface area (Å²) in [4.78, 5) is 0. The fourth-order valence-corrected chi connectivity index (χ4v) is 1.99. The molecule has 1 heterocycles. The van der Waals surface area contributed by atoms with Gasteiger partial charge >= 0.3 is 0 Å². The van der Waals surface area contributed by atoms with Gasteiger partial charge in [-0.3, -0.25) is 0 Å². The van der Waals surface area contributed by atoms with Crippen LogP contribution in [0.25, 0.3) is 0 Å². The smallest absolute Gasteiger partial charge is 0.0598 e. The molecule has 2 aliphatic rings. The van der Waals surface area contributed by atoms with Crippen molar-refractivity contribution in [1.29, 1.82) is 0 Å². The number of methoxy groups -OCH3 is 1. The first kappa shape index (κ1) is 7.56. The van der Waals surface area contributed by atoms with Crippen LogP contribution >= 0.6 is 0 Å². The van der Waals surface area contributed by atoms with Crippen molar-refractivity contribution < 1.29 is 4.74 Å². The summed E-state index contributed by atoms with van der Waals surface area (Å²) in [7, 11) is 1.83. The van der Waals surface area contributed by atoms with E-state index in [1.165, 1.54) is 25.7 Å². The van der Waals surface area contributed by atoms with Gasteiger partial charge in [0.2, 0.25) is 0 Å². The second kappa shape index (κ2) is 3.11. The van der Waals surface area contributed by atoms with E-state index in [-0.39, 0.29) is 0 Å². The second-order valence-electron chi connectivity index (χ2n) is 3.78. The van der Waals surface area contributed by atoms with Crippen LogP contribution in [-0.2, 0) is 4.74 Å². The van der Waals surface area contributed by atoms with Gasteiger partial charge in [-0.2, -0.15) is 0 Å². The van der Waals surface area contributed by atoms with E-state index in [2.05, 4.69) is 5.32 Å². The van der Waals surface area contributed by atoms with Crippen molar-refractivity contribution in [1.82, 2.24) is 5.32 Å². The van der Waals surface area contributed by atoms with Crippen molar-refractivity contribution in [3.8, 4) is 0 Å². The van der Waals surface area contributed by atoms with Gasteiger partial charge < -0.3 is 10.1 Å². The SMILES string of the molecule is COC1CCNC(C2CC2)C1. The fourth-order valence-electron chi connectivity index (χ4n) is 1.99. The molecule has 11 heavy (non-hydrogen) atoms. The highest BCUT2D eigenvalue weighted by atomic mass is 16.5. The molecule has 2 fully saturated rings. The molecule has 2 atom stereocenters. The first-order valence-corrected chi connectivity index (χ1v) is 4.66. The zero-order valence-corrected chi connectivity index (χ0v) is 7.18. The van der Waals surface area contributed by atoms with Crippen LogP contribution in [-0.4, -0.2) is 25.8 Å². The highest BCUT2D eigenvalue weighted by molar-refractivity contribution is 4.90. The summed E-state index contributed by atoms with van der Waals surface area (Å²) < 4.78 is 5.36. The maximum Gasteiger partial charge on any atom is 0.0598 e. The molecule has 2 rings (SSSR count). The summed E-state index contributed by atoms with van der Waals surface area (Å²) in [5, 5.41) is 3.57. The third-order valence-electron chi connectivity index (χ3n) is 2.91. The van der Waals surface area contributed by atoms with Gasteiger partial charge in [0.15, 0.2) is 0 Å². The zero-order valence-electron chi connectivity index (χ0n) is 7.18. The summed E-state index contributed by atoms with van der Waals surface area (Å²) in [6.45, 7) is 1.15. The Bertz CT molecular complexity index is 134. The average molecular weight is 155 g/mol. The number of hydrogen-bond donors (Lipinski definition) is 1. The lowest BCUT2D eigenvalue weighted by Gasteiger charge is -2.29. The summed E-state index contributed by atoms with van der Waals surface area (Å²) in [5.41, 5.74) is 0. The fraction of sp³-hybridized carbons (Fsp3) is 1.00. The predicted molar refractivity (Wildman–Crippen MR) is 44.5 cm³/mol. The Morgan fingerprint density at radius 2 is 2.09 bits per heavy atom. The monoisotopic (exact) mass is 155 g/mol. The van der Waals surface area contributed by atoms with E-state index < -0.39 is 0 Å². The van der Waals surface area contributed by atoms with Crippen molar-refractivity contribution in [2.24, 2.45) is 5.92 Å². The largest absolute Gasteiger partial charge is 0.381 e. The zero-order chi connectivity index (χ0) is 7.68. The minimum absolute atomic E-state index is 0.529. The summed E-state index contributed by atoms with van der Waals surface area (Å²) >= 11 is 0. The Labute approximate surface area is 68.3 Å². The second-order valence-corrected chi connectivity index (χ2v) is 3.78. The molecule has 0 amide bonds. The van der Waals surface area contributed by atoms with Crippen molar-refractivity contribution in [3.05, 3.63) is 0 Å². The van der Waals surface area contributed by atoms with E-state index in [4.69, 9.17) is 4.74 Å². The van der Waals surface area contributed by atoms with E-state index in [1.54, 1.807) is 0 Å². The molecule has 0 aromatic rings. The Balaban J connectivity index is 1.82. The third kappa shape index (κ3) is 1.74. The molecule has 2 unspecified atom stereocenters. The molecule has 0 radical (unpaired) electrons. The highest BCUT2D eigenvalue weighted by Crippen LogP contribution is 2.36. The lowest BCUT2D eigenvalue weighted by molar-refractivity contribution is 0.0587. The maximum atomic E-state index is 5.36. The van der Waals surface area contributed by atoms with Crippen LogP contribution in [0.5, 0.6) is 0 Å². The lowest BCUT2D eigenvalue weighted by Crippen LogP contribution is -2.42. The summed E-state index contributed by atoms with van der Waals surface area (Å²) in [6, 6.07) is 0.772. The molecule has 0 spiro atoms. The van der Waals surface area contributed by atoms with Gasteiger partial charge in [0, 0.05) is 13.2 Å². The minimum atomic E-state index is 0.529. The topological polar surface area (TPSA) is 21.3 Å². The predicted octanol–water partition coefficient (Wildman–Crippen LogP) is 1.16. The van der Waals surface area contributed by atoms with Crippen molar-refractivity contribution in [2.45, 2.75) is 37.8 Å². The highest BCUT2D eigenvalue weighted by Gasteiger charge is 2.34. The van der Waals surface area contributed by atoms with Gasteiger partial charge in [0.1, 0.15) is 0 Å². The van der Waals surface area contributed by atoms with Crippen LogP contribution < -0.4 is 5.32 Å². The van der Waals surface area contributed by atoms with E-state index in [1.807, 2.05) is 7.11 Å². The van der Waals surface area contributed by atoms with E-state index in [0.717, 1.165) is 18.5 Å². The first-order chi connectivity index (χ1) is 5.40. The van der Waals surface area contributed by atoms with Gasteiger partial charge in [-0.25, -0.2) is 0 Å². The molecule has 0 bridgehead atoms. The number of hydrogen-bond acceptors (Lipinski definition) is 2. The van der Waals surface area contributed by atoms with Gasteiger partial charge in [0.05, 0.1) is 6.10 Å². The molecule has 2 heteroatoms. The summed E-state index contributed by atoms with van der Waals surface area (Å²) in [5.74, 6) is 0.980. The van der Waals surface area contributed by atoms with Gasteiger partial charge in [-0.1, -0.05) is 0 Å². The van der Waals surface area contributed by atoms with Crippen molar-refractivity contribution in [2.75, 3.05) is 13.7 Å². The van der Waals surface area contributed by atoms with Crippen LogP contribution in [0.3, 0.4) is 0 Å². The Hall–Kier alpha value is -0.0800. The molecule has 0 aromatic carbocycles. The average Bonchev–Trinajstić information content (AvgIpc) is 2.87. The van der Waals surface area contributed by atoms with Crippen LogP contribution in [0, 0.1) is 5.92 Å².